The van der Waals surface area contributed by atoms with Crippen molar-refractivity contribution in [1.82, 2.24) is 15.1 Å². The molecule has 4 rings (SSSR count). The van der Waals surface area contributed by atoms with Gasteiger partial charge >= 0.3 is 0 Å². The maximum absolute atomic E-state index is 12.7. The molecule has 1 aliphatic rings. The largest absolute Gasteiger partial charge is 0.486 e. The Morgan fingerprint density at radius 2 is 2.04 bits per heavy atom. The molecule has 0 unspecified atom stereocenters. The van der Waals surface area contributed by atoms with Gasteiger partial charge in [-0.3, -0.25) is 9.48 Å². The van der Waals surface area contributed by atoms with Crippen LogP contribution in [0, 0.1) is 0 Å². The zero-order valence-electron chi connectivity index (χ0n) is 15.3. The number of nitrogens with zero attached hydrogens (tertiary/aromatic N) is 2. The quantitative estimate of drug-likeness (QED) is 0.733. The van der Waals surface area contributed by atoms with Gasteiger partial charge in [-0.05, 0) is 43.0 Å². The van der Waals surface area contributed by atoms with Gasteiger partial charge in [0.05, 0.1) is 12.7 Å². The number of carbonyl (C=O) groups is 1. The molecule has 0 atom stereocenters. The molecule has 1 N–H and O–H groups in total. The summed E-state index contributed by atoms with van der Waals surface area (Å²) in [4.78, 5) is 13.8. The number of benzene rings is 1. The summed E-state index contributed by atoms with van der Waals surface area (Å²) in [5.41, 5.74) is 1.09. The molecule has 1 aliphatic heterocycles. The number of aromatic nitrogens is 2. The molecule has 0 spiro atoms. The van der Waals surface area contributed by atoms with Crippen molar-refractivity contribution in [3.05, 3.63) is 53.0 Å². The molecular weight excluding hydrogens is 362 g/mol. The van der Waals surface area contributed by atoms with Crippen LogP contribution in [0.15, 0.2) is 48.1 Å². The second-order valence-corrected chi connectivity index (χ2v) is 7.89. The lowest BCUT2D eigenvalue weighted by molar-refractivity contribution is -0.129. The molecule has 6 nitrogen and oxygen atoms in total. The minimum atomic E-state index is -0.802. The number of nitrogens with one attached hydrogen (secondary N) is 1. The lowest BCUT2D eigenvalue weighted by Crippen LogP contribution is -2.44. The average Bonchev–Trinajstić information content (AvgIpc) is 3.37. The first-order valence-corrected chi connectivity index (χ1v) is 9.68. The molecule has 0 saturated heterocycles. The van der Waals surface area contributed by atoms with Crippen LogP contribution in [0.4, 0.5) is 0 Å². The van der Waals surface area contributed by atoms with E-state index in [1.165, 1.54) is 0 Å². The average molecular weight is 383 g/mol. The van der Waals surface area contributed by atoms with Crippen molar-refractivity contribution in [1.29, 1.82) is 0 Å². The van der Waals surface area contributed by atoms with Crippen molar-refractivity contribution in [2.24, 2.45) is 0 Å². The first kappa shape index (κ1) is 17.6. The lowest BCUT2D eigenvalue weighted by atomic mass is 10.0. The highest BCUT2D eigenvalue weighted by molar-refractivity contribution is 7.09. The third kappa shape index (κ3) is 3.55. The van der Waals surface area contributed by atoms with Gasteiger partial charge in [0.15, 0.2) is 11.5 Å². The molecule has 0 bridgehead atoms. The van der Waals surface area contributed by atoms with Crippen LogP contribution in [0.5, 0.6) is 11.5 Å². The Kier molecular flexibility index (Phi) is 4.61. The van der Waals surface area contributed by atoms with Crippen LogP contribution in [-0.2, 0) is 16.9 Å². The van der Waals surface area contributed by atoms with Gasteiger partial charge in [0.25, 0.3) is 0 Å². The monoisotopic (exact) mass is 383 g/mol. The molecule has 3 heterocycles. The van der Waals surface area contributed by atoms with Gasteiger partial charge in [0.2, 0.25) is 5.91 Å². The van der Waals surface area contributed by atoms with Gasteiger partial charge < -0.3 is 14.8 Å². The number of rotatable bonds is 5. The summed E-state index contributed by atoms with van der Waals surface area (Å²) in [6.45, 7) is 5.36. The molecule has 140 valence electrons. The van der Waals surface area contributed by atoms with E-state index in [0.29, 0.717) is 19.8 Å². The second-order valence-electron chi connectivity index (χ2n) is 6.85. The number of carbonyl (C=O) groups excluding carboxylic acids is 1. The molecular formula is C20H21N3O3S. The van der Waals surface area contributed by atoms with Crippen LogP contribution >= 0.6 is 11.3 Å². The fourth-order valence-electron chi connectivity index (χ4n) is 2.90. The van der Waals surface area contributed by atoms with Crippen LogP contribution < -0.4 is 14.8 Å². The summed E-state index contributed by atoms with van der Waals surface area (Å²) in [6, 6.07) is 9.80. The van der Waals surface area contributed by atoms with Gasteiger partial charge in [-0.25, -0.2) is 0 Å². The highest BCUT2D eigenvalue weighted by Gasteiger charge is 2.30. The molecule has 3 aromatic rings. The summed E-state index contributed by atoms with van der Waals surface area (Å²) in [5, 5.41) is 9.42. The van der Waals surface area contributed by atoms with E-state index >= 15 is 0 Å². The minimum Gasteiger partial charge on any atom is -0.486 e. The molecule has 0 saturated carbocycles. The number of hydrogen-bond acceptors (Lipinski definition) is 5. The molecule has 27 heavy (non-hydrogen) atoms. The van der Waals surface area contributed by atoms with Crippen LogP contribution in [-0.4, -0.2) is 28.9 Å². The van der Waals surface area contributed by atoms with E-state index in [1.807, 2.05) is 55.8 Å². The van der Waals surface area contributed by atoms with E-state index in [9.17, 15) is 4.79 Å². The fourth-order valence-corrected chi connectivity index (χ4v) is 3.55. The molecule has 7 heteroatoms. The standard InChI is InChI=1S/C20H21N3O3S/c1-20(2,19(24)21-12-16-4-3-9-27-16)23-13-15(11-22-23)14-5-6-17-18(10-14)26-8-7-25-17/h3-6,9-11,13H,7-8,12H2,1-2H3,(H,21,24). The fraction of sp³-hybridized carbons (Fsp3) is 0.300. The Morgan fingerprint density at radius 3 is 2.81 bits per heavy atom. The predicted octanol–water partition coefficient (Wildman–Crippen LogP) is 3.43. The summed E-state index contributed by atoms with van der Waals surface area (Å²) < 4.78 is 12.9. The van der Waals surface area contributed by atoms with E-state index < -0.39 is 5.54 Å². The molecule has 1 amide bonds. The number of thiophene rings is 1. The van der Waals surface area contributed by atoms with E-state index in [-0.39, 0.29) is 5.91 Å². The second kappa shape index (κ2) is 7.08. The lowest BCUT2D eigenvalue weighted by Gasteiger charge is -2.24. The van der Waals surface area contributed by atoms with Crippen molar-refractivity contribution >= 4 is 17.2 Å². The Bertz CT molecular complexity index is 947. The Hall–Kier alpha value is -2.80. The summed E-state index contributed by atoms with van der Waals surface area (Å²) in [5.74, 6) is 1.41. The minimum absolute atomic E-state index is 0.0762. The van der Waals surface area contributed by atoms with Crippen molar-refractivity contribution in [3.8, 4) is 22.6 Å². The van der Waals surface area contributed by atoms with E-state index in [1.54, 1.807) is 22.2 Å². The molecule has 0 aliphatic carbocycles. The highest BCUT2D eigenvalue weighted by Crippen LogP contribution is 2.34. The number of ether oxygens (including phenoxy) is 2. The van der Waals surface area contributed by atoms with Gasteiger partial charge in [-0.15, -0.1) is 11.3 Å². The van der Waals surface area contributed by atoms with Crippen LogP contribution in [0.25, 0.3) is 11.1 Å². The Balaban J connectivity index is 1.51. The normalized spacial score (nSPS) is 13.4. The first-order chi connectivity index (χ1) is 13.0. The van der Waals surface area contributed by atoms with Crippen LogP contribution in [0.3, 0.4) is 0 Å². The third-order valence-electron chi connectivity index (χ3n) is 4.59. The maximum atomic E-state index is 12.7. The Morgan fingerprint density at radius 1 is 1.22 bits per heavy atom. The van der Waals surface area contributed by atoms with E-state index in [4.69, 9.17) is 9.47 Å². The van der Waals surface area contributed by atoms with Gasteiger partial charge in [-0.2, -0.15) is 5.10 Å². The summed E-state index contributed by atoms with van der Waals surface area (Å²) in [7, 11) is 0. The van der Waals surface area contributed by atoms with E-state index in [2.05, 4.69) is 10.4 Å². The Labute approximate surface area is 161 Å². The zero-order valence-corrected chi connectivity index (χ0v) is 16.1. The predicted molar refractivity (Wildman–Crippen MR) is 104 cm³/mol. The van der Waals surface area contributed by atoms with Crippen LogP contribution in [0.2, 0.25) is 0 Å². The molecule has 0 radical (unpaired) electrons. The van der Waals surface area contributed by atoms with E-state index in [0.717, 1.165) is 27.5 Å². The van der Waals surface area contributed by atoms with Gasteiger partial charge in [-0.1, -0.05) is 12.1 Å². The number of fused-ring (bicyclic) bond motifs is 1. The van der Waals surface area contributed by atoms with Crippen molar-refractivity contribution < 1.29 is 14.3 Å². The smallest absolute Gasteiger partial charge is 0.247 e. The van der Waals surface area contributed by atoms with Gasteiger partial charge in [0.1, 0.15) is 18.8 Å². The van der Waals surface area contributed by atoms with Crippen molar-refractivity contribution in [3.63, 3.8) is 0 Å². The number of hydrogen-bond donors (Lipinski definition) is 1. The van der Waals surface area contributed by atoms with Gasteiger partial charge in [0, 0.05) is 16.6 Å². The summed E-state index contributed by atoms with van der Waals surface area (Å²) in [6.07, 6.45) is 3.65. The van der Waals surface area contributed by atoms with Crippen molar-refractivity contribution in [2.45, 2.75) is 25.9 Å². The zero-order chi connectivity index (χ0) is 18.9. The molecule has 0 fully saturated rings. The van der Waals surface area contributed by atoms with Crippen LogP contribution in [0.1, 0.15) is 18.7 Å². The number of amides is 1. The van der Waals surface area contributed by atoms with Crippen molar-refractivity contribution in [2.75, 3.05) is 13.2 Å². The third-order valence-corrected chi connectivity index (χ3v) is 5.47. The summed E-state index contributed by atoms with van der Waals surface area (Å²) >= 11 is 1.62. The molecule has 2 aromatic heterocycles. The topological polar surface area (TPSA) is 65.4 Å². The highest BCUT2D eigenvalue weighted by atomic mass is 32.1. The maximum Gasteiger partial charge on any atom is 0.247 e. The SMILES string of the molecule is CC(C)(C(=O)NCc1cccs1)n1cc(-c2ccc3c(c2)OCCO3)cn1. The first-order valence-electron chi connectivity index (χ1n) is 8.80. The molecule has 1 aromatic carbocycles.